The zero-order chi connectivity index (χ0) is 18.3. The van der Waals surface area contributed by atoms with Crippen molar-refractivity contribution < 1.29 is 22.7 Å². The van der Waals surface area contributed by atoms with Gasteiger partial charge in [-0.1, -0.05) is 36.4 Å². The number of hydrogen-bond acceptors (Lipinski definition) is 3. The molecule has 134 valence electrons. The van der Waals surface area contributed by atoms with Gasteiger partial charge in [-0.2, -0.15) is 0 Å². The molecule has 0 fully saturated rings. The first-order chi connectivity index (χ1) is 11.8. The largest absolute Gasteiger partial charge is 0.573 e. The van der Waals surface area contributed by atoms with Crippen molar-refractivity contribution in [3.63, 3.8) is 0 Å². The second-order valence-corrected chi connectivity index (χ2v) is 5.45. The van der Waals surface area contributed by atoms with Crippen molar-refractivity contribution in [1.82, 2.24) is 5.32 Å². The van der Waals surface area contributed by atoms with Gasteiger partial charge in [0.15, 0.2) is 0 Å². The number of benzene rings is 2. The van der Waals surface area contributed by atoms with Gasteiger partial charge in [0.1, 0.15) is 5.75 Å². The summed E-state index contributed by atoms with van der Waals surface area (Å²) in [5, 5.41) is 2.69. The highest BCUT2D eigenvalue weighted by atomic mass is 19.4. The number of nitrogen functional groups attached to an aromatic ring is 1. The number of nitrogens with two attached hydrogens (primary N) is 1. The lowest BCUT2D eigenvalue weighted by Gasteiger charge is -2.13. The van der Waals surface area contributed by atoms with E-state index in [2.05, 4.69) is 10.1 Å². The van der Waals surface area contributed by atoms with Gasteiger partial charge in [0.25, 0.3) is 0 Å². The number of nitrogens with one attached hydrogen (secondary N) is 1. The van der Waals surface area contributed by atoms with Gasteiger partial charge >= 0.3 is 6.36 Å². The maximum atomic E-state index is 12.4. The van der Waals surface area contributed by atoms with Crippen LogP contribution in [0.25, 0.3) is 0 Å². The minimum atomic E-state index is -4.74. The van der Waals surface area contributed by atoms with Crippen LogP contribution in [0.3, 0.4) is 0 Å². The van der Waals surface area contributed by atoms with E-state index in [-0.39, 0.29) is 31.0 Å². The Hall–Kier alpha value is -2.70. The number of carbonyl (C=O) groups excluding carboxylic acids is 1. The molecule has 0 aliphatic rings. The molecular weight excluding hydrogens is 333 g/mol. The zero-order valence-corrected chi connectivity index (χ0v) is 13.5. The minimum absolute atomic E-state index is 0.183. The molecule has 0 atom stereocenters. The summed E-state index contributed by atoms with van der Waals surface area (Å²) in [5.41, 5.74) is 7.72. The number of aryl methyl sites for hydroxylation is 1. The molecule has 0 saturated heterocycles. The first-order valence-electron chi connectivity index (χ1n) is 7.79. The summed E-state index contributed by atoms with van der Waals surface area (Å²) >= 11 is 0. The molecule has 4 nitrogen and oxygen atoms in total. The molecule has 2 aromatic carbocycles. The van der Waals surface area contributed by atoms with Gasteiger partial charge in [-0.15, -0.1) is 13.2 Å². The van der Waals surface area contributed by atoms with Crippen LogP contribution in [0.4, 0.5) is 18.9 Å². The fourth-order valence-corrected chi connectivity index (χ4v) is 2.37. The molecular formula is C18H19F3N2O2. The van der Waals surface area contributed by atoms with Crippen molar-refractivity contribution in [3.05, 3.63) is 59.7 Å². The summed E-state index contributed by atoms with van der Waals surface area (Å²) in [6.45, 7) is 0.224. The lowest BCUT2D eigenvalue weighted by molar-refractivity contribution is -0.274. The van der Waals surface area contributed by atoms with E-state index in [1.54, 1.807) is 12.1 Å². The topological polar surface area (TPSA) is 64.4 Å². The number of ether oxygens (including phenoxy) is 1. The van der Waals surface area contributed by atoms with E-state index >= 15 is 0 Å². The standard InChI is InChI=1S/C18H19F3N2O2/c19-18(20,21)25-16-8-4-2-6-14(16)11-12-23-17(24)10-9-13-5-1-3-7-15(13)22/h1-8H,9-12,22H2,(H,23,24). The second kappa shape index (κ2) is 8.41. The van der Waals surface area contributed by atoms with Crippen LogP contribution in [0.1, 0.15) is 17.5 Å². The Morgan fingerprint density at radius 3 is 2.32 bits per heavy atom. The highest BCUT2D eigenvalue weighted by Gasteiger charge is 2.31. The highest BCUT2D eigenvalue weighted by Crippen LogP contribution is 2.26. The molecule has 0 heterocycles. The van der Waals surface area contributed by atoms with Crippen molar-refractivity contribution in [3.8, 4) is 5.75 Å². The number of para-hydroxylation sites is 2. The lowest BCUT2D eigenvalue weighted by Crippen LogP contribution is -2.26. The summed E-state index contributed by atoms with van der Waals surface area (Å²) in [7, 11) is 0. The summed E-state index contributed by atoms with van der Waals surface area (Å²) < 4.78 is 41.1. The van der Waals surface area contributed by atoms with Crippen LogP contribution in [-0.4, -0.2) is 18.8 Å². The van der Waals surface area contributed by atoms with E-state index in [0.717, 1.165) is 5.56 Å². The Bertz CT molecular complexity index is 717. The molecule has 0 bridgehead atoms. The molecule has 0 spiro atoms. The smallest absolute Gasteiger partial charge is 0.406 e. The van der Waals surface area contributed by atoms with Gasteiger partial charge in [-0.3, -0.25) is 4.79 Å². The predicted octanol–water partition coefficient (Wildman–Crippen LogP) is 3.46. The predicted molar refractivity (Wildman–Crippen MR) is 89.0 cm³/mol. The number of hydrogen-bond donors (Lipinski definition) is 2. The molecule has 3 N–H and O–H groups in total. The van der Waals surface area contributed by atoms with Crippen molar-refractivity contribution in [1.29, 1.82) is 0 Å². The van der Waals surface area contributed by atoms with E-state index in [1.165, 1.54) is 18.2 Å². The molecule has 0 aliphatic heterocycles. The maximum Gasteiger partial charge on any atom is 0.573 e. The van der Waals surface area contributed by atoms with E-state index in [9.17, 15) is 18.0 Å². The first kappa shape index (κ1) is 18.6. The third-order valence-corrected chi connectivity index (χ3v) is 3.59. The van der Waals surface area contributed by atoms with Crippen LogP contribution >= 0.6 is 0 Å². The molecule has 0 aliphatic carbocycles. The minimum Gasteiger partial charge on any atom is -0.406 e. The average Bonchev–Trinajstić information content (AvgIpc) is 2.54. The molecule has 0 aromatic heterocycles. The number of halogens is 3. The van der Waals surface area contributed by atoms with Crippen molar-refractivity contribution in [2.75, 3.05) is 12.3 Å². The molecule has 25 heavy (non-hydrogen) atoms. The van der Waals surface area contributed by atoms with Crippen molar-refractivity contribution in [2.45, 2.75) is 25.6 Å². The van der Waals surface area contributed by atoms with Crippen LogP contribution in [-0.2, 0) is 17.6 Å². The fraction of sp³-hybridized carbons (Fsp3) is 0.278. The van der Waals surface area contributed by atoms with Crippen LogP contribution in [0, 0.1) is 0 Å². The second-order valence-electron chi connectivity index (χ2n) is 5.45. The van der Waals surface area contributed by atoms with Crippen molar-refractivity contribution in [2.24, 2.45) is 0 Å². The molecule has 2 aromatic rings. The van der Waals surface area contributed by atoms with Crippen LogP contribution < -0.4 is 15.8 Å². The normalized spacial score (nSPS) is 11.2. The van der Waals surface area contributed by atoms with E-state index < -0.39 is 6.36 Å². The number of alkyl halides is 3. The third-order valence-electron chi connectivity index (χ3n) is 3.59. The number of amides is 1. The quantitative estimate of drug-likeness (QED) is 0.750. The summed E-state index contributed by atoms with van der Waals surface area (Å²) in [6.07, 6.45) is -3.73. The highest BCUT2D eigenvalue weighted by molar-refractivity contribution is 5.76. The fourth-order valence-electron chi connectivity index (χ4n) is 2.37. The van der Waals surface area contributed by atoms with Crippen LogP contribution in [0.5, 0.6) is 5.75 Å². The number of rotatable bonds is 7. The van der Waals surface area contributed by atoms with Gasteiger partial charge < -0.3 is 15.8 Å². The summed E-state index contributed by atoms with van der Waals surface area (Å²) in [6, 6.07) is 13.2. The van der Waals surface area contributed by atoms with Gasteiger partial charge in [-0.25, -0.2) is 0 Å². The third kappa shape index (κ3) is 6.37. The van der Waals surface area contributed by atoms with E-state index in [0.29, 0.717) is 17.7 Å². The monoisotopic (exact) mass is 352 g/mol. The van der Waals surface area contributed by atoms with Crippen molar-refractivity contribution >= 4 is 11.6 Å². The Labute approximate surface area is 143 Å². The van der Waals surface area contributed by atoms with Gasteiger partial charge in [0.2, 0.25) is 5.91 Å². The molecule has 7 heteroatoms. The number of carbonyl (C=O) groups is 1. The SMILES string of the molecule is Nc1ccccc1CCC(=O)NCCc1ccccc1OC(F)(F)F. The molecule has 0 radical (unpaired) electrons. The Balaban J connectivity index is 1.81. The molecule has 2 rings (SSSR count). The lowest BCUT2D eigenvalue weighted by atomic mass is 10.1. The first-order valence-corrected chi connectivity index (χ1v) is 7.79. The van der Waals surface area contributed by atoms with E-state index in [4.69, 9.17) is 5.73 Å². The Kier molecular flexibility index (Phi) is 6.27. The molecule has 1 amide bonds. The van der Waals surface area contributed by atoms with Gasteiger partial charge in [0, 0.05) is 18.7 Å². The van der Waals surface area contributed by atoms with Crippen LogP contribution in [0.2, 0.25) is 0 Å². The number of anilines is 1. The van der Waals surface area contributed by atoms with Gasteiger partial charge in [0.05, 0.1) is 0 Å². The molecule has 0 unspecified atom stereocenters. The van der Waals surface area contributed by atoms with E-state index in [1.807, 2.05) is 18.2 Å². The molecule has 0 saturated carbocycles. The average molecular weight is 352 g/mol. The Morgan fingerprint density at radius 2 is 1.64 bits per heavy atom. The van der Waals surface area contributed by atoms with Gasteiger partial charge in [-0.05, 0) is 36.1 Å². The summed E-state index contributed by atoms with van der Waals surface area (Å²) in [5.74, 6) is -0.432. The zero-order valence-electron chi connectivity index (χ0n) is 13.5. The summed E-state index contributed by atoms with van der Waals surface area (Å²) in [4.78, 5) is 11.9. The maximum absolute atomic E-state index is 12.4. The van der Waals surface area contributed by atoms with Crippen LogP contribution in [0.15, 0.2) is 48.5 Å². The Morgan fingerprint density at radius 1 is 1.00 bits per heavy atom.